The summed E-state index contributed by atoms with van der Waals surface area (Å²) >= 11 is 1.61. The van der Waals surface area contributed by atoms with E-state index in [0.29, 0.717) is 25.2 Å². The molecular weight excluding hydrogens is 468 g/mol. The second-order valence-electron chi connectivity index (χ2n) is 9.58. The molecule has 206 valence electrons. The van der Waals surface area contributed by atoms with E-state index in [4.69, 9.17) is 10.5 Å². The first-order valence-electron chi connectivity index (χ1n) is 12.8. The van der Waals surface area contributed by atoms with Crippen LogP contribution in [-0.4, -0.2) is 114 Å². The lowest BCUT2D eigenvalue weighted by Crippen LogP contribution is -2.56. The largest absolute Gasteiger partial charge is 0.390 e. The van der Waals surface area contributed by atoms with Crippen molar-refractivity contribution in [1.29, 1.82) is 0 Å². The normalized spacial score (nSPS) is 13.5. The maximum atomic E-state index is 13.4. The molecule has 0 fully saturated rings. The van der Waals surface area contributed by atoms with Gasteiger partial charge in [0.1, 0.15) is 12.1 Å². The lowest BCUT2D eigenvalue weighted by Gasteiger charge is -2.35. The van der Waals surface area contributed by atoms with E-state index < -0.39 is 23.6 Å². The minimum Gasteiger partial charge on any atom is -0.390 e. The molecule has 0 unspecified atom stereocenters. The number of carbonyl (C=O) groups excluding carboxylic acids is 3. The Bertz CT molecular complexity index is 625. The molecule has 0 aromatic heterocycles. The fraction of sp³-hybridized carbons (Fsp3) is 0.880. The van der Waals surface area contributed by atoms with Crippen LogP contribution in [-0.2, 0) is 19.1 Å². The number of nitrogens with two attached hydrogens (primary N) is 1. The highest BCUT2D eigenvalue weighted by Crippen LogP contribution is 2.19. The number of amides is 3. The molecule has 0 bridgehead atoms. The van der Waals surface area contributed by atoms with E-state index >= 15 is 0 Å². The van der Waals surface area contributed by atoms with Gasteiger partial charge in [0.2, 0.25) is 17.7 Å². The van der Waals surface area contributed by atoms with Crippen molar-refractivity contribution < 1.29 is 24.2 Å². The third-order valence-corrected chi connectivity index (χ3v) is 7.12. The Hall–Kier alpha value is -1.36. The van der Waals surface area contributed by atoms with Gasteiger partial charge in [0, 0.05) is 45.8 Å². The number of thioether (sulfide) groups is 1. The van der Waals surface area contributed by atoms with E-state index in [0.717, 1.165) is 44.8 Å². The summed E-state index contributed by atoms with van der Waals surface area (Å²) in [5.74, 6) is 0.118. The van der Waals surface area contributed by atoms with Gasteiger partial charge in [0.25, 0.3) is 0 Å². The van der Waals surface area contributed by atoms with Gasteiger partial charge < -0.3 is 30.3 Å². The summed E-state index contributed by atoms with van der Waals surface area (Å²) in [6.45, 7) is 13.8. The zero-order valence-corrected chi connectivity index (χ0v) is 23.9. The van der Waals surface area contributed by atoms with Crippen molar-refractivity contribution in [3.63, 3.8) is 0 Å². The third kappa shape index (κ3) is 14.1. The Morgan fingerprint density at radius 2 is 1.63 bits per heavy atom. The van der Waals surface area contributed by atoms with E-state index in [-0.39, 0.29) is 18.2 Å². The molecule has 0 aromatic carbocycles. The number of primary amides is 1. The lowest BCUT2D eigenvalue weighted by molar-refractivity contribution is -0.147. The highest BCUT2D eigenvalue weighted by atomic mass is 32.2. The van der Waals surface area contributed by atoms with E-state index in [1.54, 1.807) is 32.7 Å². The second-order valence-corrected chi connectivity index (χ2v) is 10.7. The molecule has 0 aliphatic rings. The van der Waals surface area contributed by atoms with Crippen molar-refractivity contribution in [1.82, 2.24) is 14.7 Å². The minimum absolute atomic E-state index is 0.0192. The molecule has 0 saturated carbocycles. The summed E-state index contributed by atoms with van der Waals surface area (Å²) in [6, 6.07) is -1.67. The standard InChI is InChI=1S/C25H50N4O5S/c1-8-13-22(30)27(6)21(24(32)28(7)20(23(26)31)18-25(4,5)33)19-35-17-12-11-15-34-16-14-29(9-2)10-3/h20-21,33H,8-19H2,1-7H3,(H2,26,31)/t20-,21+/m0/s1. The Labute approximate surface area is 217 Å². The SMILES string of the molecule is CCCC(=O)N(C)[C@H](CSCCCCOCCN(CC)CC)C(=O)N(C)[C@@H](CC(C)(C)O)C(N)=O. The van der Waals surface area contributed by atoms with Crippen molar-refractivity contribution in [2.75, 3.05) is 58.4 Å². The lowest BCUT2D eigenvalue weighted by atomic mass is 9.97. The van der Waals surface area contributed by atoms with E-state index in [9.17, 15) is 19.5 Å². The number of aliphatic hydroxyl groups is 1. The summed E-state index contributed by atoms with van der Waals surface area (Å²) in [6.07, 6.45) is 2.93. The molecule has 0 saturated heterocycles. The van der Waals surface area contributed by atoms with Crippen LogP contribution in [0.15, 0.2) is 0 Å². The molecule has 0 aliphatic heterocycles. The summed E-state index contributed by atoms with van der Waals surface area (Å²) in [4.78, 5) is 43.1. The zero-order chi connectivity index (χ0) is 27.0. The first kappa shape index (κ1) is 33.6. The molecule has 35 heavy (non-hydrogen) atoms. The molecule has 3 N–H and O–H groups in total. The van der Waals surface area contributed by atoms with Gasteiger partial charge in [0.05, 0.1) is 12.2 Å². The van der Waals surface area contributed by atoms with Gasteiger partial charge in [-0.05, 0) is 52.0 Å². The molecule has 3 amide bonds. The van der Waals surface area contributed by atoms with Gasteiger partial charge >= 0.3 is 0 Å². The Morgan fingerprint density at radius 3 is 2.14 bits per heavy atom. The van der Waals surface area contributed by atoms with Crippen LogP contribution >= 0.6 is 11.8 Å². The van der Waals surface area contributed by atoms with Crippen LogP contribution in [0.25, 0.3) is 0 Å². The minimum atomic E-state index is -1.17. The Kier molecular flexibility index (Phi) is 17.3. The average Bonchev–Trinajstić information content (AvgIpc) is 2.79. The number of likely N-dealkylation sites (N-methyl/N-ethyl adjacent to an activating group) is 3. The topological polar surface area (TPSA) is 116 Å². The number of hydrogen-bond acceptors (Lipinski definition) is 7. The first-order chi connectivity index (χ1) is 16.4. The van der Waals surface area contributed by atoms with Gasteiger partial charge in [-0.15, -0.1) is 0 Å². The van der Waals surface area contributed by atoms with Crippen molar-refractivity contribution in [3.8, 4) is 0 Å². The third-order valence-electron chi connectivity index (χ3n) is 6.00. The number of nitrogens with zero attached hydrogens (tertiary/aromatic N) is 3. The molecule has 0 rings (SSSR count). The predicted octanol–water partition coefficient (Wildman–Crippen LogP) is 1.96. The number of hydrogen-bond donors (Lipinski definition) is 2. The smallest absolute Gasteiger partial charge is 0.246 e. The number of carbonyl (C=O) groups is 3. The molecule has 0 aromatic rings. The van der Waals surface area contributed by atoms with Crippen LogP contribution in [0.2, 0.25) is 0 Å². The van der Waals surface area contributed by atoms with Crippen LogP contribution in [0.4, 0.5) is 0 Å². The first-order valence-corrected chi connectivity index (χ1v) is 14.0. The maximum absolute atomic E-state index is 13.4. The van der Waals surface area contributed by atoms with Crippen molar-refractivity contribution in [3.05, 3.63) is 0 Å². The van der Waals surface area contributed by atoms with E-state index in [1.807, 2.05) is 6.92 Å². The molecular formula is C25H50N4O5S. The molecule has 0 aliphatic carbocycles. The van der Waals surface area contributed by atoms with Gasteiger partial charge in [0.15, 0.2) is 0 Å². The summed E-state index contributed by atoms with van der Waals surface area (Å²) in [5, 5.41) is 10.2. The van der Waals surface area contributed by atoms with Crippen LogP contribution < -0.4 is 5.73 Å². The molecule has 2 atom stereocenters. The van der Waals surface area contributed by atoms with Gasteiger partial charge in [-0.25, -0.2) is 0 Å². The predicted molar refractivity (Wildman–Crippen MR) is 143 cm³/mol. The van der Waals surface area contributed by atoms with Crippen LogP contribution in [0.5, 0.6) is 0 Å². The monoisotopic (exact) mass is 518 g/mol. The number of unbranched alkanes of at least 4 members (excludes halogenated alkanes) is 1. The maximum Gasteiger partial charge on any atom is 0.246 e. The molecule has 10 heteroatoms. The number of ether oxygens (including phenoxy) is 1. The van der Waals surface area contributed by atoms with Crippen LogP contribution in [0.1, 0.15) is 66.7 Å². The Morgan fingerprint density at radius 1 is 1.00 bits per heavy atom. The second kappa shape index (κ2) is 18.0. The summed E-state index contributed by atoms with van der Waals surface area (Å²) < 4.78 is 5.72. The highest BCUT2D eigenvalue weighted by Gasteiger charge is 2.36. The molecule has 0 radical (unpaired) electrons. The summed E-state index contributed by atoms with van der Waals surface area (Å²) in [5.41, 5.74) is 4.37. The Balaban J connectivity index is 4.90. The summed E-state index contributed by atoms with van der Waals surface area (Å²) in [7, 11) is 3.14. The molecule has 0 heterocycles. The van der Waals surface area contributed by atoms with E-state index in [1.165, 1.54) is 16.8 Å². The van der Waals surface area contributed by atoms with E-state index in [2.05, 4.69) is 18.7 Å². The van der Waals surface area contributed by atoms with Gasteiger partial charge in [-0.2, -0.15) is 11.8 Å². The zero-order valence-electron chi connectivity index (χ0n) is 23.0. The van der Waals surface area contributed by atoms with Crippen molar-refractivity contribution >= 4 is 29.5 Å². The fourth-order valence-corrected chi connectivity index (χ4v) is 4.81. The average molecular weight is 519 g/mol. The van der Waals surface area contributed by atoms with Crippen LogP contribution in [0, 0.1) is 0 Å². The van der Waals surface area contributed by atoms with Gasteiger partial charge in [-0.1, -0.05) is 20.8 Å². The van der Waals surface area contributed by atoms with Crippen molar-refractivity contribution in [2.45, 2.75) is 84.4 Å². The van der Waals surface area contributed by atoms with Gasteiger partial charge in [-0.3, -0.25) is 14.4 Å². The molecule has 0 spiro atoms. The van der Waals surface area contributed by atoms with Crippen LogP contribution in [0.3, 0.4) is 0 Å². The number of rotatable bonds is 20. The quantitative estimate of drug-likeness (QED) is 0.237. The fourth-order valence-electron chi connectivity index (χ4n) is 3.64. The highest BCUT2D eigenvalue weighted by molar-refractivity contribution is 7.99. The van der Waals surface area contributed by atoms with Crippen molar-refractivity contribution in [2.24, 2.45) is 5.73 Å². The molecule has 9 nitrogen and oxygen atoms in total.